The first kappa shape index (κ1) is 28.2. The van der Waals surface area contributed by atoms with Crippen LogP contribution in [-0.4, -0.2) is 39.0 Å². The highest BCUT2D eigenvalue weighted by atomic mass is 32.2. The summed E-state index contributed by atoms with van der Waals surface area (Å²) in [7, 11) is 1.52. The third kappa shape index (κ3) is 4.70. The molecule has 7 nitrogen and oxygen atoms in total. The lowest BCUT2D eigenvalue weighted by Crippen LogP contribution is -2.41. The highest BCUT2D eigenvalue weighted by Crippen LogP contribution is 2.74. The van der Waals surface area contributed by atoms with E-state index in [4.69, 9.17) is 10.00 Å². The van der Waals surface area contributed by atoms with Gasteiger partial charge in [0.2, 0.25) is 0 Å². The molecule has 0 amide bonds. The molecular formula is C29H22F4N4O3S. The number of halogens is 4. The smallest absolute Gasteiger partial charge is 0.327 e. The van der Waals surface area contributed by atoms with Crippen LogP contribution in [0.5, 0.6) is 5.75 Å². The lowest BCUT2D eigenvalue weighted by atomic mass is 9.84. The van der Waals surface area contributed by atoms with Crippen LogP contribution in [0, 0.1) is 23.1 Å². The molecule has 1 aliphatic carbocycles. The van der Waals surface area contributed by atoms with Crippen molar-refractivity contribution in [3.05, 3.63) is 94.6 Å². The van der Waals surface area contributed by atoms with Crippen molar-refractivity contribution in [3.63, 3.8) is 0 Å². The molecule has 1 aliphatic heterocycles. The van der Waals surface area contributed by atoms with E-state index in [9.17, 15) is 14.3 Å². The van der Waals surface area contributed by atoms with E-state index in [1.165, 1.54) is 44.5 Å². The molecule has 3 unspecified atom stereocenters. The van der Waals surface area contributed by atoms with E-state index in [1.54, 1.807) is 24.3 Å². The summed E-state index contributed by atoms with van der Waals surface area (Å²) in [5, 5.41) is 21.7. The zero-order chi connectivity index (χ0) is 29.6. The molecule has 12 heteroatoms. The number of aliphatic carboxylic acids is 1. The zero-order valence-corrected chi connectivity index (χ0v) is 22.5. The number of nitriles is 1. The second-order valence-corrected chi connectivity index (χ2v) is 11.0. The number of ether oxygens (including phenoxy) is 1. The molecule has 1 saturated carbocycles. The van der Waals surface area contributed by atoms with Gasteiger partial charge in [-0.2, -0.15) is 5.26 Å². The van der Waals surface area contributed by atoms with Crippen molar-refractivity contribution in [1.29, 1.82) is 5.26 Å². The van der Waals surface area contributed by atoms with E-state index in [-0.39, 0.29) is 34.1 Å². The van der Waals surface area contributed by atoms with Crippen LogP contribution in [0.15, 0.2) is 65.8 Å². The van der Waals surface area contributed by atoms with Crippen LogP contribution in [-0.2, 0) is 16.9 Å². The van der Waals surface area contributed by atoms with Crippen molar-refractivity contribution in [1.82, 2.24) is 10.3 Å². The first-order valence-electron chi connectivity index (χ1n) is 12.3. The van der Waals surface area contributed by atoms with Crippen molar-refractivity contribution in [2.45, 2.75) is 29.7 Å². The number of methoxy groups -OCH3 is 1. The van der Waals surface area contributed by atoms with Gasteiger partial charge in [0.25, 0.3) is 5.92 Å². The molecule has 210 valence electrons. The number of hydrogen-bond donors (Lipinski definition) is 2. The number of rotatable bonds is 7. The normalized spacial score (nSPS) is 24.5. The number of aliphatic imine (C=N–C) groups is 1. The van der Waals surface area contributed by atoms with E-state index in [0.717, 1.165) is 17.7 Å². The number of nitrogens with zero attached hydrogens (tertiary/aromatic N) is 3. The molecule has 1 aromatic heterocycles. The standard InChI is InChI=1S/C29H22F4N4O3S/c1-27(20-11-17(5-9-21(20)30)12-22(31)23-10-6-18(13-34)15-35-23)24-28(25(38)39,29(24,32)33)41-26(37-27)36-14-16-3-7-19(40-2)8-4-16/h3-12,15,24H,14H2,1-2H3,(H,36,37)(H,38,39). The molecule has 0 radical (unpaired) electrons. The van der Waals surface area contributed by atoms with Gasteiger partial charge < -0.3 is 15.2 Å². The third-order valence-electron chi connectivity index (χ3n) is 7.22. The Morgan fingerprint density at radius 2 is 1.95 bits per heavy atom. The van der Waals surface area contributed by atoms with Gasteiger partial charge in [-0.05, 0) is 60.5 Å². The van der Waals surface area contributed by atoms with Crippen LogP contribution < -0.4 is 10.1 Å². The number of alkyl halides is 2. The summed E-state index contributed by atoms with van der Waals surface area (Å²) in [5.74, 6) is -8.41. The van der Waals surface area contributed by atoms with Gasteiger partial charge in [0.05, 0.1) is 29.8 Å². The topological polar surface area (TPSA) is 108 Å². The number of carbonyl (C=O) groups is 1. The summed E-state index contributed by atoms with van der Waals surface area (Å²) in [4.78, 5) is 20.6. The largest absolute Gasteiger partial charge is 0.497 e. The van der Waals surface area contributed by atoms with E-state index in [0.29, 0.717) is 17.5 Å². The van der Waals surface area contributed by atoms with Gasteiger partial charge in [-0.25, -0.2) is 17.6 Å². The second-order valence-electron chi connectivity index (χ2n) is 9.74. The first-order chi connectivity index (χ1) is 19.5. The van der Waals surface area contributed by atoms with Gasteiger partial charge in [-0.1, -0.05) is 30.0 Å². The lowest BCUT2D eigenvalue weighted by Gasteiger charge is -2.32. The van der Waals surface area contributed by atoms with Crippen LogP contribution in [0.2, 0.25) is 0 Å². The number of aromatic nitrogens is 1. The fraction of sp³-hybridized carbons (Fsp3) is 0.241. The molecule has 2 aliphatic rings. The number of thioether (sulfide) groups is 1. The average Bonchev–Trinajstić information content (AvgIpc) is 3.50. The Hall–Kier alpha value is -4.37. The van der Waals surface area contributed by atoms with E-state index in [2.05, 4.69) is 15.3 Å². The predicted octanol–water partition coefficient (Wildman–Crippen LogP) is 5.76. The number of hydrogen-bond acceptors (Lipinski definition) is 7. The fourth-order valence-corrected chi connectivity index (χ4v) is 6.53. The average molecular weight is 583 g/mol. The lowest BCUT2D eigenvalue weighted by molar-refractivity contribution is -0.139. The molecule has 5 rings (SSSR count). The molecule has 2 aromatic carbocycles. The number of amidine groups is 1. The summed E-state index contributed by atoms with van der Waals surface area (Å²) in [6.45, 7) is 1.39. The minimum absolute atomic E-state index is 0.0863. The van der Waals surface area contributed by atoms with Crippen molar-refractivity contribution in [3.8, 4) is 11.8 Å². The maximum atomic E-state index is 15.4. The Labute approximate surface area is 236 Å². The first-order valence-corrected chi connectivity index (χ1v) is 13.1. The Morgan fingerprint density at radius 3 is 2.56 bits per heavy atom. The summed E-state index contributed by atoms with van der Waals surface area (Å²) in [5.41, 5.74) is -1.30. The number of nitrogens with one attached hydrogen (secondary N) is 1. The number of carboxylic acids is 1. The molecule has 2 heterocycles. The van der Waals surface area contributed by atoms with Crippen molar-refractivity contribution in [2.75, 3.05) is 7.11 Å². The Kier molecular flexibility index (Phi) is 7.03. The van der Waals surface area contributed by atoms with Crippen LogP contribution in [0.1, 0.15) is 34.9 Å². The SMILES string of the molecule is COc1ccc(CNC2=NC(C)(c3cc(C=C(F)c4ccc(C#N)cn4)ccc3F)C3C(F)(F)C3(C(=O)O)S2)cc1. The number of pyridine rings is 1. The summed E-state index contributed by atoms with van der Waals surface area (Å²) >= 11 is 0.407. The molecule has 41 heavy (non-hydrogen) atoms. The minimum Gasteiger partial charge on any atom is -0.497 e. The maximum Gasteiger partial charge on any atom is 0.327 e. The molecular weight excluding hydrogens is 560 g/mol. The van der Waals surface area contributed by atoms with Gasteiger partial charge in [0.15, 0.2) is 9.91 Å². The van der Waals surface area contributed by atoms with Crippen LogP contribution >= 0.6 is 11.8 Å². The van der Waals surface area contributed by atoms with Gasteiger partial charge >= 0.3 is 5.97 Å². The number of carboxylic acid groups (broad SMARTS) is 1. The second kappa shape index (κ2) is 10.2. The monoisotopic (exact) mass is 582 g/mol. The van der Waals surface area contributed by atoms with Crippen molar-refractivity contribution in [2.24, 2.45) is 10.9 Å². The van der Waals surface area contributed by atoms with E-state index < -0.39 is 39.7 Å². The molecule has 0 saturated heterocycles. The van der Waals surface area contributed by atoms with Crippen LogP contribution in [0.25, 0.3) is 11.9 Å². The molecule has 1 fully saturated rings. The summed E-state index contributed by atoms with van der Waals surface area (Å²) in [6, 6.07) is 14.9. The molecule has 3 atom stereocenters. The summed E-state index contributed by atoms with van der Waals surface area (Å²) < 4.78 is 63.6. The Morgan fingerprint density at radius 1 is 1.22 bits per heavy atom. The zero-order valence-electron chi connectivity index (χ0n) is 21.7. The predicted molar refractivity (Wildman–Crippen MR) is 145 cm³/mol. The van der Waals surface area contributed by atoms with E-state index in [1.807, 2.05) is 6.07 Å². The van der Waals surface area contributed by atoms with Crippen LogP contribution in [0.3, 0.4) is 0 Å². The van der Waals surface area contributed by atoms with Gasteiger partial charge in [0.1, 0.15) is 23.5 Å². The minimum atomic E-state index is -3.72. The Bertz CT molecular complexity index is 1620. The fourth-order valence-electron chi connectivity index (χ4n) is 5.07. The van der Waals surface area contributed by atoms with Gasteiger partial charge in [-0.3, -0.25) is 14.8 Å². The quantitative estimate of drug-likeness (QED) is 0.341. The molecule has 2 N–H and O–H groups in total. The highest BCUT2D eigenvalue weighted by Gasteiger charge is 2.92. The number of fused-ring (bicyclic) bond motifs is 1. The number of benzene rings is 2. The Balaban J connectivity index is 1.53. The van der Waals surface area contributed by atoms with Crippen molar-refractivity contribution >= 4 is 34.8 Å². The molecule has 0 spiro atoms. The highest BCUT2D eigenvalue weighted by molar-refractivity contribution is 8.16. The van der Waals surface area contributed by atoms with E-state index >= 15 is 13.2 Å². The molecule has 3 aromatic rings. The van der Waals surface area contributed by atoms with Crippen molar-refractivity contribution < 1.29 is 32.2 Å². The van der Waals surface area contributed by atoms with Gasteiger partial charge in [0, 0.05) is 18.3 Å². The third-order valence-corrected chi connectivity index (χ3v) is 8.65. The maximum absolute atomic E-state index is 15.4. The van der Waals surface area contributed by atoms with Crippen LogP contribution in [0.4, 0.5) is 17.6 Å². The summed E-state index contributed by atoms with van der Waals surface area (Å²) in [6.07, 6.45) is 2.23. The molecule has 0 bridgehead atoms. The van der Waals surface area contributed by atoms with Gasteiger partial charge in [-0.15, -0.1) is 0 Å².